The van der Waals surface area contributed by atoms with Gasteiger partial charge in [-0.05, 0) is 18.4 Å². The van der Waals surface area contributed by atoms with Crippen molar-refractivity contribution >= 4 is 16.8 Å². The maximum atomic E-state index is 12.4. The van der Waals surface area contributed by atoms with Gasteiger partial charge in [0, 0.05) is 30.6 Å². The molecule has 0 bridgehead atoms. The third-order valence-electron chi connectivity index (χ3n) is 4.91. The van der Waals surface area contributed by atoms with Crippen molar-refractivity contribution in [2.75, 3.05) is 27.4 Å². The molecule has 6 nitrogen and oxygen atoms in total. The average Bonchev–Trinajstić information content (AvgIpc) is 3.23. The van der Waals surface area contributed by atoms with Crippen molar-refractivity contribution in [3.63, 3.8) is 0 Å². The molecule has 0 spiro atoms. The maximum Gasteiger partial charge on any atom is 0.347 e. The number of fused-ring (bicyclic) bond motifs is 3. The topological polar surface area (TPSA) is 75.0 Å². The molecule has 2 heterocycles. The summed E-state index contributed by atoms with van der Waals surface area (Å²) in [6.45, 7) is 1.21. The zero-order chi connectivity index (χ0) is 16.8. The Morgan fingerprint density at radius 2 is 1.92 bits per heavy atom. The first kappa shape index (κ1) is 15.2. The molecule has 1 aliphatic heterocycles. The number of carbonyl (C=O) groups is 1. The SMILES string of the molecule is COc1cc(OC)c2c3c(c(=O)oc2c1C1CCOC1)C(=O)CC3. The molecule has 1 atom stereocenters. The highest BCUT2D eigenvalue weighted by molar-refractivity contribution is 6.06. The van der Waals surface area contributed by atoms with Crippen LogP contribution in [0.25, 0.3) is 11.0 Å². The number of hydrogen-bond acceptors (Lipinski definition) is 6. The van der Waals surface area contributed by atoms with E-state index in [1.54, 1.807) is 20.3 Å². The Hall–Kier alpha value is -2.34. The van der Waals surface area contributed by atoms with Crippen molar-refractivity contribution < 1.29 is 23.4 Å². The first-order valence-corrected chi connectivity index (χ1v) is 8.01. The second kappa shape index (κ2) is 5.63. The smallest absolute Gasteiger partial charge is 0.347 e. The summed E-state index contributed by atoms with van der Waals surface area (Å²) in [6.07, 6.45) is 1.69. The minimum Gasteiger partial charge on any atom is -0.496 e. The van der Waals surface area contributed by atoms with Crippen LogP contribution in [-0.2, 0) is 11.2 Å². The number of rotatable bonds is 3. The highest BCUT2D eigenvalue weighted by Crippen LogP contribution is 2.44. The standard InChI is InChI=1S/C18H18O6/c1-21-12-7-13(22-2)16-10-3-4-11(19)15(10)18(20)24-17(16)14(12)9-5-6-23-8-9/h7,9H,3-6,8H2,1-2H3. The van der Waals surface area contributed by atoms with Gasteiger partial charge in [0.25, 0.3) is 0 Å². The lowest BCUT2D eigenvalue weighted by Gasteiger charge is -2.18. The van der Waals surface area contributed by atoms with Gasteiger partial charge in [0.15, 0.2) is 5.78 Å². The van der Waals surface area contributed by atoms with E-state index in [2.05, 4.69) is 0 Å². The number of Topliss-reactive ketones (excluding diaryl/α,β-unsaturated/α-hetero) is 1. The van der Waals surface area contributed by atoms with Crippen LogP contribution in [-0.4, -0.2) is 33.2 Å². The molecule has 2 aliphatic rings. The Labute approximate surface area is 138 Å². The van der Waals surface area contributed by atoms with E-state index in [9.17, 15) is 9.59 Å². The van der Waals surface area contributed by atoms with Gasteiger partial charge in [-0.3, -0.25) is 4.79 Å². The van der Waals surface area contributed by atoms with Gasteiger partial charge in [-0.1, -0.05) is 0 Å². The average molecular weight is 330 g/mol. The second-order valence-corrected chi connectivity index (χ2v) is 6.13. The van der Waals surface area contributed by atoms with Crippen LogP contribution >= 0.6 is 0 Å². The number of benzene rings is 1. The number of hydrogen-bond donors (Lipinski definition) is 0. The zero-order valence-corrected chi connectivity index (χ0v) is 13.6. The van der Waals surface area contributed by atoms with E-state index in [1.165, 1.54) is 0 Å². The van der Waals surface area contributed by atoms with E-state index in [0.29, 0.717) is 48.5 Å². The molecular formula is C18H18O6. The lowest BCUT2D eigenvalue weighted by atomic mass is 9.93. The van der Waals surface area contributed by atoms with Crippen LogP contribution in [0.4, 0.5) is 0 Å². The van der Waals surface area contributed by atoms with Crippen LogP contribution in [0.2, 0.25) is 0 Å². The van der Waals surface area contributed by atoms with Crippen molar-refractivity contribution in [1.29, 1.82) is 0 Å². The van der Waals surface area contributed by atoms with Crippen molar-refractivity contribution in [3.05, 3.63) is 33.2 Å². The molecule has 0 amide bonds. The van der Waals surface area contributed by atoms with Gasteiger partial charge in [-0.15, -0.1) is 0 Å². The minimum atomic E-state index is -0.574. The summed E-state index contributed by atoms with van der Waals surface area (Å²) < 4.78 is 22.1. The van der Waals surface area contributed by atoms with E-state index in [1.807, 2.05) is 0 Å². The van der Waals surface area contributed by atoms with Crippen molar-refractivity contribution in [2.45, 2.75) is 25.2 Å². The zero-order valence-electron chi connectivity index (χ0n) is 13.6. The molecule has 1 aromatic carbocycles. The molecule has 0 saturated carbocycles. The van der Waals surface area contributed by atoms with E-state index < -0.39 is 5.63 Å². The van der Waals surface area contributed by atoms with Crippen LogP contribution < -0.4 is 15.1 Å². The van der Waals surface area contributed by atoms with E-state index >= 15 is 0 Å². The van der Waals surface area contributed by atoms with Gasteiger partial charge in [0.2, 0.25) is 0 Å². The van der Waals surface area contributed by atoms with Crippen molar-refractivity contribution in [3.8, 4) is 11.5 Å². The van der Waals surface area contributed by atoms with Crippen LogP contribution in [0.5, 0.6) is 11.5 Å². The fourth-order valence-electron chi connectivity index (χ4n) is 3.79. The van der Waals surface area contributed by atoms with Crippen LogP contribution in [0, 0.1) is 0 Å². The lowest BCUT2D eigenvalue weighted by molar-refractivity contribution is 0.0991. The molecule has 1 aliphatic carbocycles. The van der Waals surface area contributed by atoms with Gasteiger partial charge in [0.1, 0.15) is 22.6 Å². The lowest BCUT2D eigenvalue weighted by Crippen LogP contribution is -2.13. The molecule has 2 aromatic rings. The van der Waals surface area contributed by atoms with Gasteiger partial charge in [-0.2, -0.15) is 0 Å². The molecule has 1 unspecified atom stereocenters. The van der Waals surface area contributed by atoms with Crippen molar-refractivity contribution in [1.82, 2.24) is 0 Å². The predicted octanol–water partition coefficient (Wildman–Crippen LogP) is 2.44. The summed E-state index contributed by atoms with van der Waals surface area (Å²) in [7, 11) is 3.13. The Morgan fingerprint density at radius 1 is 1.12 bits per heavy atom. The first-order chi connectivity index (χ1) is 11.7. The quantitative estimate of drug-likeness (QED) is 0.805. The Morgan fingerprint density at radius 3 is 2.58 bits per heavy atom. The predicted molar refractivity (Wildman–Crippen MR) is 86.4 cm³/mol. The molecule has 24 heavy (non-hydrogen) atoms. The molecule has 126 valence electrons. The Balaban J connectivity index is 2.13. The molecular weight excluding hydrogens is 312 g/mol. The molecule has 0 radical (unpaired) electrons. The fourth-order valence-corrected chi connectivity index (χ4v) is 3.79. The maximum absolute atomic E-state index is 12.4. The number of carbonyl (C=O) groups excluding carboxylic acids is 1. The number of ether oxygens (including phenoxy) is 3. The summed E-state index contributed by atoms with van der Waals surface area (Å²) in [6, 6.07) is 1.80. The van der Waals surface area contributed by atoms with E-state index in [4.69, 9.17) is 18.6 Å². The monoisotopic (exact) mass is 330 g/mol. The highest BCUT2D eigenvalue weighted by Gasteiger charge is 2.33. The first-order valence-electron chi connectivity index (χ1n) is 8.01. The number of aryl methyl sites for hydroxylation is 1. The molecule has 1 aromatic heterocycles. The summed E-state index contributed by atoms with van der Waals surface area (Å²) in [5.74, 6) is 1.09. The van der Waals surface area contributed by atoms with Crippen LogP contribution in [0.15, 0.2) is 15.3 Å². The summed E-state index contributed by atoms with van der Waals surface area (Å²) >= 11 is 0. The number of ketones is 1. The van der Waals surface area contributed by atoms with Gasteiger partial charge in [-0.25, -0.2) is 4.79 Å². The third-order valence-corrected chi connectivity index (χ3v) is 4.91. The fraction of sp³-hybridized carbons (Fsp3) is 0.444. The Kier molecular flexibility index (Phi) is 3.57. The third kappa shape index (κ3) is 2.06. The second-order valence-electron chi connectivity index (χ2n) is 6.13. The van der Waals surface area contributed by atoms with Crippen LogP contribution in [0.3, 0.4) is 0 Å². The van der Waals surface area contributed by atoms with E-state index in [-0.39, 0.29) is 17.3 Å². The molecule has 1 fully saturated rings. The normalized spacial score (nSPS) is 19.8. The van der Waals surface area contributed by atoms with Gasteiger partial charge >= 0.3 is 5.63 Å². The largest absolute Gasteiger partial charge is 0.496 e. The van der Waals surface area contributed by atoms with Gasteiger partial charge < -0.3 is 18.6 Å². The Bertz CT molecular complexity index is 889. The summed E-state index contributed by atoms with van der Waals surface area (Å²) in [5.41, 5.74) is 1.60. The summed E-state index contributed by atoms with van der Waals surface area (Å²) in [4.78, 5) is 24.4. The molecule has 6 heteroatoms. The minimum absolute atomic E-state index is 0.0895. The molecule has 0 N–H and O–H groups in total. The van der Waals surface area contributed by atoms with Gasteiger partial charge in [0.05, 0.1) is 26.2 Å². The molecule has 1 saturated heterocycles. The highest BCUT2D eigenvalue weighted by atomic mass is 16.5. The summed E-state index contributed by atoms with van der Waals surface area (Å²) in [5, 5.41) is 0.709. The van der Waals surface area contributed by atoms with E-state index in [0.717, 1.165) is 17.5 Å². The number of methoxy groups -OCH3 is 2. The van der Waals surface area contributed by atoms with Crippen LogP contribution in [0.1, 0.15) is 40.2 Å². The van der Waals surface area contributed by atoms with Crippen molar-refractivity contribution in [2.24, 2.45) is 0 Å². The molecule has 4 rings (SSSR count).